The Morgan fingerprint density at radius 3 is 1.36 bits per heavy atom. The predicted octanol–water partition coefficient (Wildman–Crippen LogP) is 11.7. The molecule has 264 valence electrons. The standard InChI is InChI=1S/C26H29F17OS/c1-2-3-4-5-6-7-8-9-15-44-17-10-12-18(13-11-17)45-16-14-19(27,28)20(29,30)21(31,32)22(33,34)23(35,36)24(37,38)25(39,40)26(41,42)43/h10-13H,2-9,14-16H2,1H3. The molecule has 0 unspecified atom stereocenters. The minimum atomic E-state index is -8.62. The lowest BCUT2D eigenvalue weighted by Crippen LogP contribution is -2.74. The topological polar surface area (TPSA) is 9.23 Å². The molecule has 1 aromatic rings. The number of rotatable bonds is 20. The van der Waals surface area contributed by atoms with Gasteiger partial charge in [0.1, 0.15) is 5.75 Å². The Bertz CT molecular complexity index is 1040. The van der Waals surface area contributed by atoms with Gasteiger partial charge in [0.2, 0.25) is 0 Å². The minimum Gasteiger partial charge on any atom is -0.494 e. The summed E-state index contributed by atoms with van der Waals surface area (Å²) in [5, 5.41) is 0. The third-order valence-corrected chi connectivity index (χ3v) is 7.58. The Labute approximate surface area is 251 Å². The largest absolute Gasteiger partial charge is 0.494 e. The molecule has 0 spiro atoms. The highest BCUT2D eigenvalue weighted by atomic mass is 32.2. The van der Waals surface area contributed by atoms with Gasteiger partial charge in [-0.3, -0.25) is 0 Å². The van der Waals surface area contributed by atoms with E-state index in [1.807, 2.05) is 0 Å². The third-order valence-electron chi connectivity index (χ3n) is 6.56. The number of hydrogen-bond donors (Lipinski definition) is 0. The van der Waals surface area contributed by atoms with E-state index in [-0.39, 0.29) is 16.7 Å². The molecule has 0 aliphatic heterocycles. The van der Waals surface area contributed by atoms with Crippen LogP contribution in [0.25, 0.3) is 0 Å². The van der Waals surface area contributed by atoms with Gasteiger partial charge in [0.15, 0.2) is 0 Å². The molecule has 0 heterocycles. The van der Waals surface area contributed by atoms with Crippen LogP contribution in [0.5, 0.6) is 5.75 Å². The van der Waals surface area contributed by atoms with E-state index in [1.54, 1.807) is 0 Å². The maximum Gasteiger partial charge on any atom is 0.460 e. The predicted molar refractivity (Wildman–Crippen MR) is 131 cm³/mol. The lowest BCUT2D eigenvalue weighted by molar-refractivity contribution is -0.461. The van der Waals surface area contributed by atoms with E-state index < -0.39 is 59.8 Å². The zero-order chi connectivity index (χ0) is 35.2. The summed E-state index contributed by atoms with van der Waals surface area (Å²) >= 11 is 0.255. The second-order valence-corrected chi connectivity index (χ2v) is 11.2. The van der Waals surface area contributed by atoms with Crippen molar-refractivity contribution >= 4 is 11.8 Å². The molecule has 0 fully saturated rings. The van der Waals surface area contributed by atoms with Crippen molar-refractivity contribution in [3.8, 4) is 5.75 Å². The molecule has 0 atom stereocenters. The zero-order valence-corrected chi connectivity index (χ0v) is 24.1. The lowest BCUT2D eigenvalue weighted by Gasteiger charge is -2.42. The van der Waals surface area contributed by atoms with Gasteiger partial charge in [0, 0.05) is 17.1 Å². The molecular weight excluding hydrogens is 683 g/mol. The van der Waals surface area contributed by atoms with E-state index in [0.29, 0.717) is 18.8 Å². The van der Waals surface area contributed by atoms with Crippen LogP contribution in [0.4, 0.5) is 74.6 Å². The van der Waals surface area contributed by atoms with E-state index in [1.165, 1.54) is 24.3 Å². The molecule has 0 aliphatic rings. The van der Waals surface area contributed by atoms with Crippen molar-refractivity contribution in [1.29, 1.82) is 0 Å². The van der Waals surface area contributed by atoms with E-state index in [4.69, 9.17) is 4.74 Å². The Hall–Kier alpha value is -1.82. The summed E-state index contributed by atoms with van der Waals surface area (Å²) in [5.74, 6) is -57.1. The molecular formula is C26H29F17OS. The third kappa shape index (κ3) is 8.56. The van der Waals surface area contributed by atoms with Gasteiger partial charge in [-0.25, -0.2) is 0 Å². The van der Waals surface area contributed by atoms with Crippen molar-refractivity contribution in [1.82, 2.24) is 0 Å². The fourth-order valence-electron chi connectivity index (χ4n) is 3.71. The summed E-state index contributed by atoms with van der Waals surface area (Å²) in [5.41, 5.74) is 0. The maximum absolute atomic E-state index is 14.1. The Morgan fingerprint density at radius 2 is 0.911 bits per heavy atom. The van der Waals surface area contributed by atoms with Gasteiger partial charge < -0.3 is 4.74 Å². The quantitative estimate of drug-likeness (QED) is 0.0756. The van der Waals surface area contributed by atoms with Crippen LogP contribution in [0.15, 0.2) is 29.2 Å². The summed E-state index contributed by atoms with van der Waals surface area (Å²) in [6.45, 7) is 2.42. The number of halogens is 17. The number of hydrogen-bond acceptors (Lipinski definition) is 2. The fourth-order valence-corrected chi connectivity index (χ4v) is 4.63. The van der Waals surface area contributed by atoms with Gasteiger partial charge in [-0.05, 0) is 30.7 Å². The second kappa shape index (κ2) is 14.9. The Balaban J connectivity index is 2.86. The number of thioether (sulfide) groups is 1. The Kier molecular flexibility index (Phi) is 13.7. The van der Waals surface area contributed by atoms with Crippen molar-refractivity contribution < 1.29 is 79.4 Å². The second-order valence-electron chi connectivity index (χ2n) is 10.0. The van der Waals surface area contributed by atoms with Crippen molar-refractivity contribution in [2.75, 3.05) is 12.4 Å². The first-order valence-corrected chi connectivity index (χ1v) is 14.3. The molecule has 1 rings (SSSR count). The van der Waals surface area contributed by atoms with Gasteiger partial charge in [-0.1, -0.05) is 51.9 Å². The van der Waals surface area contributed by atoms with Gasteiger partial charge in [-0.15, -0.1) is 11.8 Å². The van der Waals surface area contributed by atoms with E-state index in [9.17, 15) is 74.6 Å². The van der Waals surface area contributed by atoms with Crippen LogP contribution < -0.4 is 4.74 Å². The van der Waals surface area contributed by atoms with Crippen molar-refractivity contribution in [3.05, 3.63) is 24.3 Å². The number of unbranched alkanes of at least 4 members (excludes halogenated alkanes) is 7. The summed E-state index contributed by atoms with van der Waals surface area (Å²) in [7, 11) is 0. The highest BCUT2D eigenvalue weighted by Gasteiger charge is 2.95. The molecule has 0 bridgehead atoms. The average Bonchev–Trinajstić information content (AvgIpc) is 2.91. The van der Waals surface area contributed by atoms with Gasteiger partial charge in [0.05, 0.1) is 6.61 Å². The first-order chi connectivity index (χ1) is 20.3. The normalized spacial score (nSPS) is 14.6. The van der Waals surface area contributed by atoms with Crippen LogP contribution in [-0.4, -0.2) is 60.0 Å². The number of alkyl halides is 17. The van der Waals surface area contributed by atoms with E-state index in [0.717, 1.165) is 44.9 Å². The Morgan fingerprint density at radius 1 is 0.511 bits per heavy atom. The summed E-state index contributed by atoms with van der Waals surface area (Å²) in [4.78, 5) is 0.0196. The molecule has 0 radical (unpaired) electrons. The summed E-state index contributed by atoms with van der Waals surface area (Å²) in [6.07, 6.45) is -2.02. The van der Waals surface area contributed by atoms with Crippen LogP contribution in [-0.2, 0) is 0 Å². The molecule has 0 saturated heterocycles. The minimum absolute atomic E-state index is 0.0196. The van der Waals surface area contributed by atoms with Crippen molar-refractivity contribution in [3.63, 3.8) is 0 Å². The first kappa shape index (κ1) is 41.2. The molecule has 45 heavy (non-hydrogen) atoms. The maximum atomic E-state index is 14.1. The molecule has 19 heteroatoms. The monoisotopic (exact) mass is 712 g/mol. The van der Waals surface area contributed by atoms with Crippen molar-refractivity contribution in [2.45, 2.75) is 117 Å². The van der Waals surface area contributed by atoms with E-state index in [2.05, 4.69) is 6.92 Å². The van der Waals surface area contributed by atoms with Gasteiger partial charge >= 0.3 is 47.6 Å². The number of benzene rings is 1. The summed E-state index contributed by atoms with van der Waals surface area (Å²) < 4.78 is 233. The average molecular weight is 713 g/mol. The molecule has 0 aliphatic carbocycles. The van der Waals surface area contributed by atoms with Gasteiger partial charge in [-0.2, -0.15) is 74.6 Å². The highest BCUT2D eigenvalue weighted by Crippen LogP contribution is 2.64. The van der Waals surface area contributed by atoms with Gasteiger partial charge in [0.25, 0.3) is 0 Å². The first-order valence-electron chi connectivity index (χ1n) is 13.3. The molecule has 0 saturated carbocycles. The fraction of sp³-hybridized carbons (Fsp3) is 0.769. The van der Waals surface area contributed by atoms with Crippen molar-refractivity contribution in [2.24, 2.45) is 0 Å². The summed E-state index contributed by atoms with van der Waals surface area (Å²) in [6, 6.07) is 5.04. The molecule has 0 aromatic heterocycles. The van der Waals surface area contributed by atoms with Crippen LogP contribution in [0.3, 0.4) is 0 Å². The zero-order valence-electron chi connectivity index (χ0n) is 23.3. The van der Waals surface area contributed by atoms with Crippen LogP contribution >= 0.6 is 11.8 Å². The van der Waals surface area contributed by atoms with Crippen LogP contribution in [0.2, 0.25) is 0 Å². The lowest BCUT2D eigenvalue weighted by atomic mass is 9.88. The number of ether oxygens (including phenoxy) is 1. The SMILES string of the molecule is CCCCCCCCCCOc1ccc(SCCC(F)(F)C(F)(F)C(F)(F)C(F)(F)C(F)(F)C(F)(F)C(F)(F)C(F)(F)F)cc1. The molecule has 1 aromatic carbocycles. The van der Waals surface area contributed by atoms with Crippen LogP contribution in [0, 0.1) is 0 Å². The molecule has 0 amide bonds. The van der Waals surface area contributed by atoms with E-state index >= 15 is 0 Å². The molecule has 1 nitrogen and oxygen atoms in total. The smallest absolute Gasteiger partial charge is 0.460 e. The van der Waals surface area contributed by atoms with Crippen LogP contribution in [0.1, 0.15) is 64.7 Å². The highest BCUT2D eigenvalue weighted by molar-refractivity contribution is 7.99. The molecule has 0 N–H and O–H groups in total.